The second kappa shape index (κ2) is 6.60. The van der Waals surface area contributed by atoms with Gasteiger partial charge in [-0.3, -0.25) is 9.69 Å². The van der Waals surface area contributed by atoms with Gasteiger partial charge in [0.15, 0.2) is 0 Å². The summed E-state index contributed by atoms with van der Waals surface area (Å²) in [5, 5.41) is 2.77. The third kappa shape index (κ3) is 6.28. The molecule has 0 aromatic rings. The molecular weight excluding hydrogens is 168 g/mol. The van der Waals surface area contributed by atoms with Crippen LogP contribution in [-0.2, 0) is 9.59 Å². The smallest absolute Gasteiger partial charge is 0.234 e. The molecule has 13 heavy (non-hydrogen) atoms. The third-order valence-electron chi connectivity index (χ3n) is 1.60. The Labute approximate surface area is 79.3 Å². The van der Waals surface area contributed by atoms with Gasteiger partial charge in [0.05, 0.1) is 13.1 Å². The van der Waals surface area contributed by atoms with Crippen LogP contribution < -0.4 is 5.32 Å². The van der Waals surface area contributed by atoms with Gasteiger partial charge >= 0.3 is 0 Å². The zero-order valence-electron chi connectivity index (χ0n) is 8.54. The number of nitrogens with zero attached hydrogens (tertiary/aromatic N) is 1. The van der Waals surface area contributed by atoms with E-state index in [1.54, 1.807) is 4.90 Å². The van der Waals surface area contributed by atoms with E-state index < -0.39 is 0 Å². The van der Waals surface area contributed by atoms with Crippen molar-refractivity contribution < 1.29 is 9.59 Å². The molecule has 0 bridgehead atoms. The maximum Gasteiger partial charge on any atom is 0.234 e. The summed E-state index contributed by atoms with van der Waals surface area (Å²) in [6, 6.07) is 0.155. The van der Waals surface area contributed by atoms with Crippen molar-refractivity contribution in [2.75, 3.05) is 19.6 Å². The summed E-state index contributed by atoms with van der Waals surface area (Å²) in [7, 11) is 0. The zero-order valence-corrected chi connectivity index (χ0v) is 8.54. The number of aldehydes is 1. The first-order valence-corrected chi connectivity index (χ1v) is 4.55. The van der Waals surface area contributed by atoms with Gasteiger partial charge in [-0.2, -0.15) is 0 Å². The van der Waals surface area contributed by atoms with E-state index in [1.807, 2.05) is 20.8 Å². The van der Waals surface area contributed by atoms with Crippen LogP contribution in [0, 0.1) is 0 Å². The highest BCUT2D eigenvalue weighted by Gasteiger charge is 2.08. The lowest BCUT2D eigenvalue weighted by Crippen LogP contribution is -2.40. The molecule has 0 aromatic carbocycles. The Morgan fingerprint density at radius 2 is 2.15 bits per heavy atom. The average Bonchev–Trinajstić information content (AvgIpc) is 2.02. The molecule has 0 radical (unpaired) electrons. The summed E-state index contributed by atoms with van der Waals surface area (Å²) in [6.07, 6.45) is 0.812. The fraction of sp³-hybridized carbons (Fsp3) is 0.778. The molecule has 0 fully saturated rings. The fourth-order valence-electron chi connectivity index (χ4n) is 0.982. The van der Waals surface area contributed by atoms with E-state index in [9.17, 15) is 9.59 Å². The Kier molecular flexibility index (Phi) is 6.14. The molecule has 0 heterocycles. The molecule has 0 aliphatic rings. The maximum absolute atomic E-state index is 11.2. The Morgan fingerprint density at radius 3 is 2.54 bits per heavy atom. The van der Waals surface area contributed by atoms with E-state index in [2.05, 4.69) is 5.32 Å². The monoisotopic (exact) mass is 186 g/mol. The zero-order chi connectivity index (χ0) is 10.3. The average molecular weight is 186 g/mol. The van der Waals surface area contributed by atoms with Crippen LogP contribution >= 0.6 is 0 Å². The van der Waals surface area contributed by atoms with E-state index >= 15 is 0 Å². The Bertz CT molecular complexity index is 169. The number of amides is 1. The number of carbonyl (C=O) groups is 2. The second-order valence-electron chi connectivity index (χ2n) is 3.22. The second-order valence-corrected chi connectivity index (χ2v) is 3.22. The van der Waals surface area contributed by atoms with Crippen LogP contribution in [0.25, 0.3) is 0 Å². The van der Waals surface area contributed by atoms with Gasteiger partial charge in [-0.15, -0.1) is 0 Å². The van der Waals surface area contributed by atoms with Crippen LogP contribution in [0.15, 0.2) is 0 Å². The molecule has 4 heteroatoms. The minimum atomic E-state index is -0.0290. The van der Waals surface area contributed by atoms with E-state index in [0.717, 1.165) is 6.29 Å². The highest BCUT2D eigenvalue weighted by molar-refractivity contribution is 5.78. The normalized spacial score (nSPS) is 10.5. The van der Waals surface area contributed by atoms with Crippen LogP contribution in [0.5, 0.6) is 0 Å². The van der Waals surface area contributed by atoms with Crippen molar-refractivity contribution in [2.45, 2.75) is 26.8 Å². The standard InChI is InChI=1S/C9H18N2O2/c1-4-11(5-6-12)7-9(13)10-8(2)3/h6,8H,4-5,7H2,1-3H3,(H,10,13). The van der Waals surface area contributed by atoms with Crippen molar-refractivity contribution in [2.24, 2.45) is 0 Å². The molecule has 1 N–H and O–H groups in total. The fourth-order valence-corrected chi connectivity index (χ4v) is 0.982. The molecule has 0 aromatic heterocycles. The largest absolute Gasteiger partial charge is 0.353 e. The summed E-state index contributed by atoms with van der Waals surface area (Å²) < 4.78 is 0. The molecule has 0 saturated heterocycles. The number of rotatable bonds is 6. The summed E-state index contributed by atoms with van der Waals surface area (Å²) in [5.41, 5.74) is 0. The Hall–Kier alpha value is -0.900. The van der Waals surface area contributed by atoms with Crippen molar-refractivity contribution in [3.8, 4) is 0 Å². The number of hydrogen-bond donors (Lipinski definition) is 1. The van der Waals surface area contributed by atoms with E-state index in [-0.39, 0.29) is 11.9 Å². The van der Waals surface area contributed by atoms with Gasteiger partial charge in [-0.25, -0.2) is 0 Å². The molecule has 0 unspecified atom stereocenters. The molecule has 76 valence electrons. The van der Waals surface area contributed by atoms with Crippen molar-refractivity contribution in [3.05, 3.63) is 0 Å². The first-order chi connectivity index (χ1) is 6.10. The Balaban J connectivity index is 3.79. The lowest BCUT2D eigenvalue weighted by molar-refractivity contribution is -0.123. The van der Waals surface area contributed by atoms with Crippen LogP contribution in [-0.4, -0.2) is 42.8 Å². The van der Waals surface area contributed by atoms with E-state index in [0.29, 0.717) is 19.6 Å². The van der Waals surface area contributed by atoms with Gasteiger partial charge in [0.25, 0.3) is 0 Å². The van der Waals surface area contributed by atoms with Crippen molar-refractivity contribution >= 4 is 12.2 Å². The quantitative estimate of drug-likeness (QED) is 0.595. The topological polar surface area (TPSA) is 49.4 Å². The summed E-state index contributed by atoms with van der Waals surface area (Å²) in [5.74, 6) is -0.0290. The predicted molar refractivity (Wildman–Crippen MR) is 51.5 cm³/mol. The molecule has 0 atom stereocenters. The lowest BCUT2D eigenvalue weighted by Gasteiger charge is -2.17. The van der Waals surface area contributed by atoms with E-state index in [1.165, 1.54) is 0 Å². The molecule has 4 nitrogen and oxygen atoms in total. The maximum atomic E-state index is 11.2. The summed E-state index contributed by atoms with van der Waals surface area (Å²) in [6.45, 7) is 7.08. The van der Waals surface area contributed by atoms with Gasteiger partial charge in [0.2, 0.25) is 5.91 Å². The SMILES string of the molecule is CCN(CC=O)CC(=O)NC(C)C. The van der Waals surface area contributed by atoms with Crippen LogP contribution in [0.1, 0.15) is 20.8 Å². The molecule has 0 spiro atoms. The number of likely N-dealkylation sites (N-methyl/N-ethyl adjacent to an activating group) is 1. The Morgan fingerprint density at radius 1 is 1.54 bits per heavy atom. The summed E-state index contributed by atoms with van der Waals surface area (Å²) >= 11 is 0. The van der Waals surface area contributed by atoms with Gasteiger partial charge in [0.1, 0.15) is 6.29 Å². The summed E-state index contributed by atoms with van der Waals surface area (Å²) in [4.78, 5) is 23.2. The predicted octanol–water partition coefficient (Wildman–Crippen LogP) is 0.0318. The lowest BCUT2D eigenvalue weighted by atomic mass is 10.3. The minimum Gasteiger partial charge on any atom is -0.353 e. The molecular formula is C9H18N2O2. The van der Waals surface area contributed by atoms with E-state index in [4.69, 9.17) is 0 Å². The molecule has 0 aliphatic carbocycles. The van der Waals surface area contributed by atoms with Gasteiger partial charge in [-0.1, -0.05) is 6.92 Å². The minimum absolute atomic E-state index is 0.0290. The van der Waals surface area contributed by atoms with Crippen LogP contribution in [0.2, 0.25) is 0 Å². The van der Waals surface area contributed by atoms with Crippen molar-refractivity contribution in [1.29, 1.82) is 0 Å². The molecule has 1 amide bonds. The number of nitrogens with one attached hydrogen (secondary N) is 1. The molecule has 0 saturated carbocycles. The molecule has 0 rings (SSSR count). The van der Waals surface area contributed by atoms with Gasteiger partial charge < -0.3 is 10.1 Å². The highest BCUT2D eigenvalue weighted by Crippen LogP contribution is 1.86. The van der Waals surface area contributed by atoms with Crippen molar-refractivity contribution in [1.82, 2.24) is 10.2 Å². The highest BCUT2D eigenvalue weighted by atomic mass is 16.2. The number of carbonyl (C=O) groups excluding carboxylic acids is 2. The first-order valence-electron chi connectivity index (χ1n) is 4.55. The van der Waals surface area contributed by atoms with Crippen LogP contribution in [0.3, 0.4) is 0 Å². The van der Waals surface area contributed by atoms with Crippen LogP contribution in [0.4, 0.5) is 0 Å². The first kappa shape index (κ1) is 12.1. The molecule has 0 aliphatic heterocycles. The van der Waals surface area contributed by atoms with Gasteiger partial charge in [-0.05, 0) is 20.4 Å². The van der Waals surface area contributed by atoms with Crippen molar-refractivity contribution in [3.63, 3.8) is 0 Å². The number of hydrogen-bond acceptors (Lipinski definition) is 3. The third-order valence-corrected chi connectivity index (χ3v) is 1.60. The van der Waals surface area contributed by atoms with Gasteiger partial charge in [0, 0.05) is 6.04 Å².